The van der Waals surface area contributed by atoms with Crippen LogP contribution in [0.5, 0.6) is 0 Å². The molecule has 0 aromatic rings. The zero-order chi connectivity index (χ0) is 6.62. The SMILES string of the molecule is C#CC(C)(C)/C=[C]/C. The van der Waals surface area contributed by atoms with Crippen LogP contribution in [0.1, 0.15) is 20.8 Å². The summed E-state index contributed by atoms with van der Waals surface area (Å²) in [6.45, 7) is 5.80. The van der Waals surface area contributed by atoms with Gasteiger partial charge >= 0.3 is 0 Å². The standard InChI is InChI=1S/C8H11/c1-5-7-8(3,4)6-2/h2,7H,1,3-4H3. The van der Waals surface area contributed by atoms with Crippen molar-refractivity contribution in [3.8, 4) is 12.3 Å². The van der Waals surface area contributed by atoms with Crippen molar-refractivity contribution >= 4 is 0 Å². The molecule has 0 nitrogen and oxygen atoms in total. The zero-order valence-electron chi connectivity index (χ0n) is 5.65. The van der Waals surface area contributed by atoms with Gasteiger partial charge in [0, 0.05) is 5.41 Å². The van der Waals surface area contributed by atoms with Crippen molar-refractivity contribution < 1.29 is 0 Å². The molecule has 0 amide bonds. The third kappa shape index (κ3) is 2.47. The van der Waals surface area contributed by atoms with E-state index in [1.807, 2.05) is 26.8 Å². The van der Waals surface area contributed by atoms with Gasteiger partial charge in [0.1, 0.15) is 0 Å². The highest BCUT2D eigenvalue weighted by Gasteiger charge is 2.05. The third-order valence-electron chi connectivity index (χ3n) is 0.877. The molecule has 0 aliphatic carbocycles. The van der Waals surface area contributed by atoms with Crippen molar-refractivity contribution in [1.82, 2.24) is 0 Å². The number of allylic oxidation sites excluding steroid dienone is 2. The first kappa shape index (κ1) is 7.30. The molecule has 0 rings (SSSR count). The first-order valence-electron chi connectivity index (χ1n) is 2.62. The molecule has 0 saturated heterocycles. The Morgan fingerprint density at radius 2 is 2.00 bits per heavy atom. The van der Waals surface area contributed by atoms with E-state index in [9.17, 15) is 0 Å². The molecule has 0 heterocycles. The summed E-state index contributed by atoms with van der Waals surface area (Å²) < 4.78 is 0. The lowest BCUT2D eigenvalue weighted by Crippen LogP contribution is -2.01. The highest BCUT2D eigenvalue weighted by atomic mass is 14.1. The Morgan fingerprint density at radius 1 is 1.50 bits per heavy atom. The van der Waals surface area contributed by atoms with Crippen LogP contribution < -0.4 is 0 Å². The molecule has 0 bridgehead atoms. The lowest BCUT2D eigenvalue weighted by molar-refractivity contribution is 0.653. The minimum Gasteiger partial charge on any atom is -0.119 e. The van der Waals surface area contributed by atoms with Gasteiger partial charge in [-0.2, -0.15) is 0 Å². The van der Waals surface area contributed by atoms with Crippen molar-refractivity contribution in [3.05, 3.63) is 12.2 Å². The van der Waals surface area contributed by atoms with E-state index in [1.54, 1.807) is 0 Å². The number of rotatable bonds is 1. The van der Waals surface area contributed by atoms with Gasteiger partial charge in [-0.3, -0.25) is 0 Å². The van der Waals surface area contributed by atoms with Crippen molar-refractivity contribution in [1.29, 1.82) is 0 Å². The van der Waals surface area contributed by atoms with Crippen molar-refractivity contribution in [2.24, 2.45) is 5.41 Å². The van der Waals surface area contributed by atoms with Gasteiger partial charge in [0.05, 0.1) is 0 Å². The average molecular weight is 107 g/mol. The van der Waals surface area contributed by atoms with E-state index >= 15 is 0 Å². The molecular weight excluding hydrogens is 96.1 g/mol. The van der Waals surface area contributed by atoms with Gasteiger partial charge < -0.3 is 0 Å². The largest absolute Gasteiger partial charge is 0.119 e. The van der Waals surface area contributed by atoms with Crippen LogP contribution in [0.15, 0.2) is 6.08 Å². The maximum absolute atomic E-state index is 5.17. The van der Waals surface area contributed by atoms with Crippen LogP contribution in [-0.2, 0) is 0 Å². The molecule has 0 aromatic carbocycles. The third-order valence-corrected chi connectivity index (χ3v) is 0.877. The summed E-state index contributed by atoms with van der Waals surface area (Å²) in [5, 5.41) is 0. The van der Waals surface area contributed by atoms with Crippen LogP contribution in [0, 0.1) is 23.8 Å². The Morgan fingerprint density at radius 3 is 2.12 bits per heavy atom. The van der Waals surface area contributed by atoms with E-state index in [0.717, 1.165) is 0 Å². The molecule has 0 fully saturated rings. The number of hydrogen-bond acceptors (Lipinski definition) is 0. The second-order valence-electron chi connectivity index (χ2n) is 2.30. The van der Waals surface area contributed by atoms with Crippen molar-refractivity contribution in [3.63, 3.8) is 0 Å². The molecule has 0 saturated carbocycles. The number of hydrogen-bond donors (Lipinski definition) is 0. The summed E-state index contributed by atoms with van der Waals surface area (Å²) in [5.74, 6) is 2.62. The summed E-state index contributed by atoms with van der Waals surface area (Å²) in [7, 11) is 0. The number of terminal acetylenes is 1. The average Bonchev–Trinajstić information content (AvgIpc) is 1.67. The second kappa shape index (κ2) is 2.57. The maximum atomic E-state index is 5.17. The molecule has 0 aliphatic rings. The van der Waals surface area contributed by atoms with Gasteiger partial charge in [-0.25, -0.2) is 0 Å². The minimum atomic E-state index is -0.116. The lowest BCUT2D eigenvalue weighted by atomic mass is 9.95. The monoisotopic (exact) mass is 107 g/mol. The summed E-state index contributed by atoms with van der Waals surface area (Å²) in [6.07, 6.45) is 9.94. The quantitative estimate of drug-likeness (QED) is 0.450. The Kier molecular flexibility index (Phi) is 2.34. The molecule has 0 spiro atoms. The fourth-order valence-electron chi connectivity index (χ4n) is 0.403. The summed E-state index contributed by atoms with van der Waals surface area (Å²) >= 11 is 0. The molecule has 43 valence electrons. The zero-order valence-corrected chi connectivity index (χ0v) is 5.65. The second-order valence-corrected chi connectivity index (χ2v) is 2.30. The van der Waals surface area contributed by atoms with Crippen LogP contribution in [0.2, 0.25) is 0 Å². The van der Waals surface area contributed by atoms with E-state index in [0.29, 0.717) is 0 Å². The van der Waals surface area contributed by atoms with E-state index in [4.69, 9.17) is 6.42 Å². The lowest BCUT2D eigenvalue weighted by Gasteiger charge is -2.08. The predicted octanol–water partition coefficient (Wildman–Crippen LogP) is 2.03. The first-order valence-corrected chi connectivity index (χ1v) is 2.62. The van der Waals surface area contributed by atoms with Crippen molar-refractivity contribution in [2.45, 2.75) is 20.8 Å². The van der Waals surface area contributed by atoms with E-state index in [1.165, 1.54) is 0 Å². The Labute approximate surface area is 51.6 Å². The van der Waals surface area contributed by atoms with E-state index < -0.39 is 0 Å². The highest BCUT2D eigenvalue weighted by molar-refractivity contribution is 5.10. The fraction of sp³-hybridized carbons (Fsp3) is 0.500. The van der Waals surface area contributed by atoms with Crippen LogP contribution in [0.25, 0.3) is 0 Å². The van der Waals surface area contributed by atoms with Gasteiger partial charge in [0.25, 0.3) is 0 Å². The first-order chi connectivity index (χ1) is 3.62. The van der Waals surface area contributed by atoms with Crippen LogP contribution in [0.4, 0.5) is 0 Å². The van der Waals surface area contributed by atoms with Gasteiger partial charge in [0.15, 0.2) is 0 Å². The summed E-state index contributed by atoms with van der Waals surface area (Å²) in [6, 6.07) is 0. The van der Waals surface area contributed by atoms with Gasteiger partial charge in [-0.15, -0.1) is 6.42 Å². The summed E-state index contributed by atoms with van der Waals surface area (Å²) in [4.78, 5) is 0. The van der Waals surface area contributed by atoms with E-state index in [-0.39, 0.29) is 5.41 Å². The Balaban J connectivity index is 3.97. The molecular formula is C8H11. The Hall–Kier alpha value is -0.700. The Bertz CT molecular complexity index is 121. The molecule has 1 radical (unpaired) electrons. The molecule has 0 atom stereocenters. The fourth-order valence-corrected chi connectivity index (χ4v) is 0.403. The van der Waals surface area contributed by atoms with Gasteiger partial charge in [0.2, 0.25) is 0 Å². The topological polar surface area (TPSA) is 0 Å². The van der Waals surface area contributed by atoms with Crippen LogP contribution in [-0.4, -0.2) is 0 Å². The van der Waals surface area contributed by atoms with Crippen LogP contribution >= 0.6 is 0 Å². The van der Waals surface area contributed by atoms with Crippen LogP contribution in [0.3, 0.4) is 0 Å². The molecule has 0 heteroatoms. The van der Waals surface area contributed by atoms with Gasteiger partial charge in [-0.1, -0.05) is 18.1 Å². The summed E-state index contributed by atoms with van der Waals surface area (Å²) in [5.41, 5.74) is -0.116. The minimum absolute atomic E-state index is 0.116. The molecule has 8 heavy (non-hydrogen) atoms. The van der Waals surface area contributed by atoms with Crippen molar-refractivity contribution in [2.75, 3.05) is 0 Å². The predicted molar refractivity (Wildman–Crippen MR) is 36.1 cm³/mol. The van der Waals surface area contributed by atoms with E-state index in [2.05, 4.69) is 12.0 Å². The maximum Gasteiger partial charge on any atom is 0.0440 e. The molecule has 0 aromatic heterocycles. The molecule has 0 unspecified atom stereocenters. The highest BCUT2D eigenvalue weighted by Crippen LogP contribution is 2.13. The molecule has 0 N–H and O–H groups in total. The van der Waals surface area contributed by atoms with Gasteiger partial charge in [-0.05, 0) is 20.8 Å². The normalized spacial score (nSPS) is 11.8. The smallest absolute Gasteiger partial charge is 0.0440 e. The molecule has 0 aliphatic heterocycles.